The van der Waals surface area contributed by atoms with Gasteiger partial charge < -0.3 is 4.90 Å². The molecule has 1 atom stereocenters. The molecule has 1 aromatic heterocycles. The smallest absolute Gasteiger partial charge is 0.0719 e. The number of rotatable bonds is 9. The van der Waals surface area contributed by atoms with Gasteiger partial charge in [-0.25, -0.2) is 0 Å². The minimum absolute atomic E-state index is 0.756. The first-order valence-corrected chi connectivity index (χ1v) is 9.27. The molecule has 3 heteroatoms. The molecule has 0 spiro atoms. The monoisotopic (exact) mass is 332 g/mol. The minimum atomic E-state index is 0.756. The predicted octanol–water partition coefficient (Wildman–Crippen LogP) is 5.58. The maximum absolute atomic E-state index is 6.06. The van der Waals surface area contributed by atoms with Gasteiger partial charge in [0.1, 0.15) is 0 Å². The third-order valence-electron chi connectivity index (χ3n) is 4.77. The van der Waals surface area contributed by atoms with E-state index in [1.54, 1.807) is 0 Å². The Morgan fingerprint density at radius 1 is 1.13 bits per heavy atom. The van der Waals surface area contributed by atoms with E-state index in [0.717, 1.165) is 36.0 Å². The average Bonchev–Trinajstić information content (AvgIpc) is 2.56. The van der Waals surface area contributed by atoms with Crippen molar-refractivity contribution in [2.45, 2.75) is 46.5 Å². The number of hydrogen-bond donors (Lipinski definition) is 0. The summed E-state index contributed by atoms with van der Waals surface area (Å²) in [6.07, 6.45) is 6.87. The number of fused-ring (bicyclic) bond motifs is 1. The summed E-state index contributed by atoms with van der Waals surface area (Å²) in [6, 6.07) is 8.17. The van der Waals surface area contributed by atoms with Crippen molar-refractivity contribution in [3.63, 3.8) is 0 Å². The number of pyridine rings is 1. The first-order valence-electron chi connectivity index (χ1n) is 8.89. The lowest BCUT2D eigenvalue weighted by Crippen LogP contribution is -2.24. The van der Waals surface area contributed by atoms with E-state index in [1.807, 2.05) is 18.3 Å². The van der Waals surface area contributed by atoms with Crippen LogP contribution in [0.15, 0.2) is 30.5 Å². The second-order valence-electron chi connectivity index (χ2n) is 6.44. The molecule has 0 fully saturated rings. The molecule has 0 aliphatic carbocycles. The van der Waals surface area contributed by atoms with Gasteiger partial charge in [0.05, 0.1) is 5.52 Å². The first kappa shape index (κ1) is 18.2. The molecule has 126 valence electrons. The molecule has 0 saturated carbocycles. The van der Waals surface area contributed by atoms with Crippen LogP contribution in [-0.2, 0) is 6.42 Å². The van der Waals surface area contributed by atoms with Crippen LogP contribution < -0.4 is 0 Å². The van der Waals surface area contributed by atoms with Crippen molar-refractivity contribution in [2.24, 2.45) is 5.92 Å². The second kappa shape index (κ2) is 9.24. The Labute approximate surface area is 145 Å². The van der Waals surface area contributed by atoms with E-state index in [-0.39, 0.29) is 0 Å². The van der Waals surface area contributed by atoms with E-state index in [9.17, 15) is 0 Å². The summed E-state index contributed by atoms with van der Waals surface area (Å²) >= 11 is 6.06. The van der Waals surface area contributed by atoms with Gasteiger partial charge in [0, 0.05) is 16.6 Å². The van der Waals surface area contributed by atoms with Gasteiger partial charge in [-0.2, -0.15) is 0 Å². The molecule has 1 aromatic carbocycles. The SMILES string of the molecule is CCN(CC)CCCC(C)CCc1ccnc2cc(Cl)ccc12. The van der Waals surface area contributed by atoms with Crippen LogP contribution in [0.2, 0.25) is 5.02 Å². The number of nitrogens with zero attached hydrogens (tertiary/aromatic N) is 2. The summed E-state index contributed by atoms with van der Waals surface area (Å²) in [6.45, 7) is 10.4. The van der Waals surface area contributed by atoms with Crippen LogP contribution in [0.4, 0.5) is 0 Å². The fraction of sp³-hybridized carbons (Fsp3) is 0.550. The molecule has 23 heavy (non-hydrogen) atoms. The molecular weight excluding hydrogens is 304 g/mol. The summed E-state index contributed by atoms with van der Waals surface area (Å²) in [5, 5.41) is 2.00. The molecule has 2 rings (SSSR count). The third-order valence-corrected chi connectivity index (χ3v) is 5.00. The van der Waals surface area contributed by atoms with E-state index < -0.39 is 0 Å². The molecule has 0 aliphatic heterocycles. The zero-order valence-corrected chi connectivity index (χ0v) is 15.4. The average molecular weight is 333 g/mol. The molecule has 0 radical (unpaired) electrons. The lowest BCUT2D eigenvalue weighted by molar-refractivity contribution is 0.286. The van der Waals surface area contributed by atoms with Crippen LogP contribution in [0.25, 0.3) is 10.9 Å². The van der Waals surface area contributed by atoms with Gasteiger partial charge in [0.25, 0.3) is 0 Å². The van der Waals surface area contributed by atoms with Crippen LogP contribution in [-0.4, -0.2) is 29.5 Å². The number of aromatic nitrogens is 1. The Bertz CT molecular complexity index is 608. The molecular formula is C20H29ClN2. The zero-order valence-electron chi connectivity index (χ0n) is 14.7. The Morgan fingerprint density at radius 3 is 2.65 bits per heavy atom. The highest BCUT2D eigenvalue weighted by molar-refractivity contribution is 6.31. The van der Waals surface area contributed by atoms with Gasteiger partial charge in [-0.1, -0.05) is 38.4 Å². The second-order valence-corrected chi connectivity index (χ2v) is 6.88. The van der Waals surface area contributed by atoms with E-state index in [2.05, 4.69) is 42.8 Å². The van der Waals surface area contributed by atoms with Crippen LogP contribution in [0.5, 0.6) is 0 Å². The van der Waals surface area contributed by atoms with Crippen molar-refractivity contribution in [3.05, 3.63) is 41.0 Å². The van der Waals surface area contributed by atoms with Crippen molar-refractivity contribution < 1.29 is 0 Å². The third kappa shape index (κ3) is 5.47. The molecule has 1 unspecified atom stereocenters. The maximum atomic E-state index is 6.06. The van der Waals surface area contributed by atoms with Gasteiger partial charge in [0.15, 0.2) is 0 Å². The Kier molecular flexibility index (Phi) is 7.32. The number of benzene rings is 1. The van der Waals surface area contributed by atoms with Crippen LogP contribution in [0.1, 0.15) is 45.6 Å². The van der Waals surface area contributed by atoms with Crippen molar-refractivity contribution >= 4 is 22.5 Å². The minimum Gasteiger partial charge on any atom is -0.304 e. The Balaban J connectivity index is 1.86. The molecule has 0 saturated heterocycles. The topological polar surface area (TPSA) is 16.1 Å². The molecule has 2 aromatic rings. The van der Waals surface area contributed by atoms with Crippen LogP contribution in [0.3, 0.4) is 0 Å². The molecule has 2 nitrogen and oxygen atoms in total. The Hall–Kier alpha value is -1.12. The predicted molar refractivity (Wildman–Crippen MR) is 101 cm³/mol. The lowest BCUT2D eigenvalue weighted by atomic mass is 9.95. The fourth-order valence-electron chi connectivity index (χ4n) is 3.15. The maximum Gasteiger partial charge on any atom is 0.0719 e. The fourth-order valence-corrected chi connectivity index (χ4v) is 3.31. The van der Waals surface area contributed by atoms with Gasteiger partial charge >= 0.3 is 0 Å². The highest BCUT2D eigenvalue weighted by Gasteiger charge is 2.07. The van der Waals surface area contributed by atoms with Crippen molar-refractivity contribution in [3.8, 4) is 0 Å². The highest BCUT2D eigenvalue weighted by Crippen LogP contribution is 2.23. The van der Waals surface area contributed by atoms with Crippen molar-refractivity contribution in [1.29, 1.82) is 0 Å². The van der Waals surface area contributed by atoms with Gasteiger partial charge in [0.2, 0.25) is 0 Å². The molecule has 0 aliphatic rings. The van der Waals surface area contributed by atoms with E-state index in [0.29, 0.717) is 0 Å². The van der Waals surface area contributed by atoms with Gasteiger partial charge in [-0.3, -0.25) is 4.98 Å². The number of halogens is 1. The molecule has 0 amide bonds. The quantitative estimate of drug-likeness (QED) is 0.596. The lowest BCUT2D eigenvalue weighted by Gasteiger charge is -2.19. The van der Waals surface area contributed by atoms with E-state index in [1.165, 1.54) is 36.8 Å². The summed E-state index contributed by atoms with van der Waals surface area (Å²) in [5.74, 6) is 0.765. The van der Waals surface area contributed by atoms with E-state index in [4.69, 9.17) is 11.6 Å². The normalized spacial score (nSPS) is 12.9. The van der Waals surface area contributed by atoms with Crippen LogP contribution in [0, 0.1) is 5.92 Å². The molecule has 0 bridgehead atoms. The van der Waals surface area contributed by atoms with Gasteiger partial charge in [-0.05, 0) is 75.0 Å². The van der Waals surface area contributed by atoms with Crippen molar-refractivity contribution in [1.82, 2.24) is 9.88 Å². The summed E-state index contributed by atoms with van der Waals surface area (Å²) < 4.78 is 0. The largest absolute Gasteiger partial charge is 0.304 e. The first-order chi connectivity index (χ1) is 11.1. The van der Waals surface area contributed by atoms with E-state index >= 15 is 0 Å². The summed E-state index contributed by atoms with van der Waals surface area (Å²) in [5.41, 5.74) is 2.39. The van der Waals surface area contributed by atoms with Crippen molar-refractivity contribution in [2.75, 3.05) is 19.6 Å². The standard InChI is InChI=1S/C20H29ClN2/c1-4-23(5-2)14-6-7-16(3)8-9-17-12-13-22-20-15-18(21)10-11-19(17)20/h10-13,15-16H,4-9,14H2,1-3H3. The van der Waals surface area contributed by atoms with Crippen LogP contribution >= 0.6 is 11.6 Å². The zero-order chi connectivity index (χ0) is 16.7. The highest BCUT2D eigenvalue weighted by atomic mass is 35.5. The number of aryl methyl sites for hydroxylation is 1. The number of hydrogen-bond acceptors (Lipinski definition) is 2. The molecule has 0 N–H and O–H groups in total. The van der Waals surface area contributed by atoms with Gasteiger partial charge in [-0.15, -0.1) is 0 Å². The Morgan fingerprint density at radius 2 is 1.91 bits per heavy atom. The molecule has 1 heterocycles. The summed E-state index contributed by atoms with van der Waals surface area (Å²) in [7, 11) is 0. The summed E-state index contributed by atoms with van der Waals surface area (Å²) in [4.78, 5) is 6.93.